The van der Waals surface area contributed by atoms with Crippen molar-refractivity contribution in [3.63, 3.8) is 0 Å². The Hall–Kier alpha value is -2.06. The number of carbonyl (C=O) groups is 1. The first-order valence-corrected chi connectivity index (χ1v) is 8.40. The van der Waals surface area contributed by atoms with E-state index < -0.39 is 5.60 Å². The van der Waals surface area contributed by atoms with E-state index in [0.717, 1.165) is 13.0 Å². The minimum Gasteiger partial charge on any atom is -0.386 e. The first-order chi connectivity index (χ1) is 11.1. The lowest BCUT2D eigenvalue weighted by atomic mass is 9.92. The molecule has 0 aromatic carbocycles. The molecule has 1 fully saturated rings. The summed E-state index contributed by atoms with van der Waals surface area (Å²) in [5, 5.41) is 12.6. The smallest absolute Gasteiger partial charge is 0.273 e. The molecular weight excluding hydrogens is 314 g/mol. The van der Waals surface area contributed by atoms with Crippen LogP contribution in [-0.4, -0.2) is 63.1 Å². The third-order valence-electron chi connectivity index (χ3n) is 3.92. The molecule has 23 heavy (non-hydrogen) atoms. The number of hydrogen-bond acceptors (Lipinski definition) is 7. The van der Waals surface area contributed by atoms with E-state index >= 15 is 0 Å². The zero-order valence-corrected chi connectivity index (χ0v) is 13.7. The van der Waals surface area contributed by atoms with Crippen molar-refractivity contribution in [1.29, 1.82) is 0 Å². The lowest BCUT2D eigenvalue weighted by Crippen LogP contribution is -2.55. The molecule has 0 radical (unpaired) electrons. The Bertz CT molecular complexity index is 651. The zero-order chi connectivity index (χ0) is 16.3. The Morgan fingerprint density at radius 3 is 2.91 bits per heavy atom. The minimum absolute atomic E-state index is 0.173. The van der Waals surface area contributed by atoms with E-state index in [1.54, 1.807) is 36.4 Å². The molecule has 0 saturated carbocycles. The molecule has 1 atom stereocenters. The number of thiazole rings is 1. The second-order valence-electron chi connectivity index (χ2n) is 5.83. The van der Waals surface area contributed by atoms with Gasteiger partial charge in [0, 0.05) is 31.4 Å². The van der Waals surface area contributed by atoms with Crippen molar-refractivity contribution in [2.75, 3.05) is 31.6 Å². The summed E-state index contributed by atoms with van der Waals surface area (Å²) in [6, 6.07) is 1.76. The predicted octanol–water partition coefficient (Wildman–Crippen LogP) is 1.04. The first kappa shape index (κ1) is 15.8. The average Bonchev–Trinajstić information content (AvgIpc) is 3.09. The number of piperidine rings is 1. The molecule has 122 valence electrons. The second-order valence-corrected chi connectivity index (χ2v) is 6.55. The topological polar surface area (TPSA) is 82.5 Å². The molecule has 0 spiro atoms. The number of amides is 1. The Morgan fingerprint density at radius 2 is 2.22 bits per heavy atom. The Morgan fingerprint density at radius 1 is 1.43 bits per heavy atom. The number of nitrogens with zero attached hydrogens (tertiary/aromatic N) is 5. The Balaban J connectivity index is 1.67. The Kier molecular flexibility index (Phi) is 4.53. The van der Waals surface area contributed by atoms with Crippen LogP contribution in [0.15, 0.2) is 29.4 Å². The minimum atomic E-state index is -0.974. The number of aromatic nitrogens is 3. The third kappa shape index (κ3) is 3.65. The largest absolute Gasteiger partial charge is 0.386 e. The highest BCUT2D eigenvalue weighted by molar-refractivity contribution is 7.07. The van der Waals surface area contributed by atoms with Crippen LogP contribution < -0.4 is 4.90 Å². The van der Waals surface area contributed by atoms with Gasteiger partial charge in [-0.15, -0.1) is 11.3 Å². The van der Waals surface area contributed by atoms with Crippen molar-refractivity contribution in [2.24, 2.45) is 0 Å². The van der Waals surface area contributed by atoms with Crippen molar-refractivity contribution < 1.29 is 9.90 Å². The lowest BCUT2D eigenvalue weighted by Gasteiger charge is -2.41. The standard InChI is InChI=1S/C15H19N5O2S/c1-19(13(21)12-8-23-11-18-12)9-15(22)4-2-7-20(10-15)14-16-5-3-6-17-14/h3,5-6,8,11,22H,2,4,7,9-10H2,1H3. The molecule has 2 aromatic heterocycles. The van der Waals surface area contributed by atoms with E-state index in [4.69, 9.17) is 0 Å². The van der Waals surface area contributed by atoms with E-state index in [0.29, 0.717) is 24.6 Å². The van der Waals surface area contributed by atoms with Crippen molar-refractivity contribution in [3.8, 4) is 0 Å². The highest BCUT2D eigenvalue weighted by Gasteiger charge is 2.36. The summed E-state index contributed by atoms with van der Waals surface area (Å²) in [5.74, 6) is 0.437. The van der Waals surface area contributed by atoms with Gasteiger partial charge in [0.15, 0.2) is 0 Å². The van der Waals surface area contributed by atoms with Gasteiger partial charge < -0.3 is 14.9 Å². The molecule has 2 aromatic rings. The normalized spacial score (nSPS) is 21.2. The summed E-state index contributed by atoms with van der Waals surface area (Å²) < 4.78 is 0. The first-order valence-electron chi connectivity index (χ1n) is 7.45. The summed E-state index contributed by atoms with van der Waals surface area (Å²) in [6.45, 7) is 1.47. The van der Waals surface area contributed by atoms with Crippen molar-refractivity contribution >= 4 is 23.2 Å². The molecular formula is C15H19N5O2S. The molecule has 7 nitrogen and oxygen atoms in total. The monoisotopic (exact) mass is 333 g/mol. The molecule has 3 rings (SSSR count). The fraction of sp³-hybridized carbons (Fsp3) is 0.467. The second kappa shape index (κ2) is 6.59. The van der Waals surface area contributed by atoms with Crippen LogP contribution in [0.3, 0.4) is 0 Å². The van der Waals surface area contributed by atoms with Crippen LogP contribution in [0.2, 0.25) is 0 Å². The molecule has 0 aliphatic carbocycles. The molecule has 0 bridgehead atoms. The van der Waals surface area contributed by atoms with Crippen LogP contribution in [-0.2, 0) is 0 Å². The van der Waals surface area contributed by atoms with Gasteiger partial charge in [0.1, 0.15) is 5.69 Å². The number of carbonyl (C=O) groups excluding carboxylic acids is 1. The highest BCUT2D eigenvalue weighted by atomic mass is 32.1. The summed E-state index contributed by atoms with van der Waals surface area (Å²) >= 11 is 1.38. The van der Waals surface area contributed by atoms with E-state index in [-0.39, 0.29) is 12.5 Å². The number of hydrogen-bond donors (Lipinski definition) is 1. The maximum Gasteiger partial charge on any atom is 0.273 e. The maximum atomic E-state index is 12.3. The molecule has 3 heterocycles. The SMILES string of the molecule is CN(CC1(O)CCCN(c2ncccn2)C1)C(=O)c1cscn1. The van der Waals surface area contributed by atoms with Crippen LogP contribution in [0.4, 0.5) is 5.95 Å². The number of rotatable bonds is 4. The fourth-order valence-corrected chi connectivity index (χ4v) is 3.42. The van der Waals surface area contributed by atoms with Gasteiger partial charge >= 0.3 is 0 Å². The van der Waals surface area contributed by atoms with Crippen LogP contribution in [0.25, 0.3) is 0 Å². The molecule has 1 amide bonds. The summed E-state index contributed by atoms with van der Waals surface area (Å²) in [5.41, 5.74) is 1.07. The van der Waals surface area contributed by atoms with Gasteiger partial charge in [-0.05, 0) is 18.9 Å². The summed E-state index contributed by atoms with van der Waals surface area (Å²) in [7, 11) is 1.69. The number of aliphatic hydroxyl groups is 1. The van der Waals surface area contributed by atoms with Crippen LogP contribution >= 0.6 is 11.3 Å². The van der Waals surface area contributed by atoms with Gasteiger partial charge in [-0.3, -0.25) is 4.79 Å². The average molecular weight is 333 g/mol. The van der Waals surface area contributed by atoms with E-state index in [1.165, 1.54) is 16.2 Å². The fourth-order valence-electron chi connectivity index (χ4n) is 2.89. The molecule has 1 unspecified atom stereocenters. The van der Waals surface area contributed by atoms with Gasteiger partial charge in [-0.25, -0.2) is 15.0 Å². The van der Waals surface area contributed by atoms with Gasteiger partial charge in [-0.1, -0.05) is 0 Å². The van der Waals surface area contributed by atoms with Gasteiger partial charge in [0.2, 0.25) is 5.95 Å². The third-order valence-corrected chi connectivity index (χ3v) is 4.51. The maximum absolute atomic E-state index is 12.3. The highest BCUT2D eigenvalue weighted by Crippen LogP contribution is 2.25. The Labute approximate surface area is 138 Å². The molecule has 1 N–H and O–H groups in total. The molecule has 8 heteroatoms. The zero-order valence-electron chi connectivity index (χ0n) is 12.9. The molecule has 1 saturated heterocycles. The van der Waals surface area contributed by atoms with E-state index in [2.05, 4.69) is 15.0 Å². The molecule has 1 aliphatic heterocycles. The van der Waals surface area contributed by atoms with Gasteiger partial charge in [0.25, 0.3) is 5.91 Å². The lowest BCUT2D eigenvalue weighted by molar-refractivity contribution is -0.000419. The number of β-amino-alcohol motifs (C(OH)–C–C–N with tert-alkyl or cyclic N) is 1. The summed E-state index contributed by atoms with van der Waals surface area (Å²) in [6.07, 6.45) is 4.85. The quantitative estimate of drug-likeness (QED) is 0.900. The summed E-state index contributed by atoms with van der Waals surface area (Å²) in [4.78, 5) is 28.3. The van der Waals surface area contributed by atoms with Crippen molar-refractivity contribution in [3.05, 3.63) is 35.0 Å². The van der Waals surface area contributed by atoms with Crippen LogP contribution in [0.1, 0.15) is 23.3 Å². The number of likely N-dealkylation sites (N-methyl/N-ethyl adjacent to an activating group) is 1. The van der Waals surface area contributed by atoms with E-state index in [1.807, 2.05) is 4.90 Å². The van der Waals surface area contributed by atoms with Crippen molar-refractivity contribution in [2.45, 2.75) is 18.4 Å². The van der Waals surface area contributed by atoms with Gasteiger partial charge in [-0.2, -0.15) is 0 Å². The van der Waals surface area contributed by atoms with Crippen LogP contribution in [0.5, 0.6) is 0 Å². The van der Waals surface area contributed by atoms with Crippen LogP contribution in [0, 0.1) is 0 Å². The molecule has 1 aliphatic rings. The predicted molar refractivity (Wildman–Crippen MR) is 87.5 cm³/mol. The van der Waals surface area contributed by atoms with Crippen molar-refractivity contribution in [1.82, 2.24) is 19.9 Å². The van der Waals surface area contributed by atoms with E-state index in [9.17, 15) is 9.90 Å². The van der Waals surface area contributed by atoms with Gasteiger partial charge in [0.05, 0.1) is 24.2 Å². The number of anilines is 1.